The summed E-state index contributed by atoms with van der Waals surface area (Å²) in [6.45, 7) is 2.05. The van der Waals surface area contributed by atoms with Crippen molar-refractivity contribution in [1.82, 2.24) is 14.6 Å². The lowest BCUT2D eigenvalue weighted by Crippen LogP contribution is -2.21. The van der Waals surface area contributed by atoms with Crippen LogP contribution in [0.1, 0.15) is 12.5 Å². The number of rotatable bonds is 3. The SMILES string of the molecule is CCc1ccccc1NC(=O)Nc1nnc2ccccn12. The first-order valence-electron chi connectivity index (χ1n) is 6.73. The van der Waals surface area contributed by atoms with E-state index in [0.29, 0.717) is 11.6 Å². The van der Waals surface area contributed by atoms with Crippen molar-refractivity contribution in [1.29, 1.82) is 0 Å². The van der Waals surface area contributed by atoms with E-state index in [-0.39, 0.29) is 6.03 Å². The summed E-state index contributed by atoms with van der Waals surface area (Å²) in [6.07, 6.45) is 2.65. The number of hydrogen-bond donors (Lipinski definition) is 2. The van der Waals surface area contributed by atoms with Crippen LogP contribution in [-0.4, -0.2) is 20.6 Å². The normalized spacial score (nSPS) is 10.5. The maximum Gasteiger partial charge on any atom is 0.326 e. The third-order valence-electron chi connectivity index (χ3n) is 3.19. The lowest BCUT2D eigenvalue weighted by atomic mass is 10.1. The van der Waals surface area contributed by atoms with Gasteiger partial charge in [0.1, 0.15) is 0 Å². The molecule has 0 aliphatic heterocycles. The van der Waals surface area contributed by atoms with E-state index in [2.05, 4.69) is 20.8 Å². The summed E-state index contributed by atoms with van der Waals surface area (Å²) in [5.41, 5.74) is 2.56. The van der Waals surface area contributed by atoms with Crippen LogP contribution in [0.4, 0.5) is 16.4 Å². The Kier molecular flexibility index (Phi) is 3.51. The molecule has 0 spiro atoms. The van der Waals surface area contributed by atoms with Crippen molar-refractivity contribution in [2.45, 2.75) is 13.3 Å². The first-order chi connectivity index (χ1) is 10.3. The number of anilines is 2. The first kappa shape index (κ1) is 13.1. The van der Waals surface area contributed by atoms with Crippen LogP contribution in [0.15, 0.2) is 48.7 Å². The van der Waals surface area contributed by atoms with Gasteiger partial charge >= 0.3 is 6.03 Å². The van der Waals surface area contributed by atoms with Gasteiger partial charge in [-0.1, -0.05) is 31.2 Å². The zero-order valence-corrected chi connectivity index (χ0v) is 11.6. The van der Waals surface area contributed by atoms with E-state index in [1.807, 2.05) is 49.4 Å². The van der Waals surface area contributed by atoms with E-state index >= 15 is 0 Å². The van der Waals surface area contributed by atoms with Crippen molar-refractivity contribution < 1.29 is 4.79 Å². The molecule has 0 atom stereocenters. The zero-order chi connectivity index (χ0) is 14.7. The topological polar surface area (TPSA) is 71.3 Å². The van der Waals surface area contributed by atoms with E-state index in [1.54, 1.807) is 10.6 Å². The average Bonchev–Trinajstić information content (AvgIpc) is 2.91. The van der Waals surface area contributed by atoms with Crippen molar-refractivity contribution in [3.05, 3.63) is 54.2 Å². The average molecular weight is 281 g/mol. The Hall–Kier alpha value is -2.89. The molecule has 0 fully saturated rings. The van der Waals surface area contributed by atoms with E-state index < -0.39 is 0 Å². The van der Waals surface area contributed by atoms with Crippen LogP contribution in [0.2, 0.25) is 0 Å². The van der Waals surface area contributed by atoms with Crippen LogP contribution < -0.4 is 10.6 Å². The molecular weight excluding hydrogens is 266 g/mol. The lowest BCUT2D eigenvalue weighted by Gasteiger charge is -2.09. The smallest absolute Gasteiger partial charge is 0.307 e. The second-order valence-corrected chi connectivity index (χ2v) is 4.54. The van der Waals surface area contributed by atoms with Gasteiger partial charge in [0.05, 0.1) is 0 Å². The molecule has 0 aliphatic rings. The van der Waals surface area contributed by atoms with Gasteiger partial charge in [-0.2, -0.15) is 0 Å². The van der Waals surface area contributed by atoms with Crippen molar-refractivity contribution in [3.63, 3.8) is 0 Å². The number of carbonyl (C=O) groups is 1. The number of aromatic nitrogens is 3. The highest BCUT2D eigenvalue weighted by Gasteiger charge is 2.10. The monoisotopic (exact) mass is 281 g/mol. The standard InChI is InChI=1S/C15H15N5O/c1-2-11-7-3-4-8-12(11)16-15(21)17-14-19-18-13-9-5-6-10-20(13)14/h3-10H,2H2,1H3,(H2,16,17,19,21). The number of fused-ring (bicyclic) bond motifs is 1. The third-order valence-corrected chi connectivity index (χ3v) is 3.19. The minimum Gasteiger partial charge on any atom is -0.307 e. The molecule has 106 valence electrons. The van der Waals surface area contributed by atoms with Crippen LogP contribution in [0.25, 0.3) is 5.65 Å². The van der Waals surface area contributed by atoms with Crippen molar-refractivity contribution in [3.8, 4) is 0 Å². The van der Waals surface area contributed by atoms with Crippen molar-refractivity contribution in [2.24, 2.45) is 0 Å². The Morgan fingerprint density at radius 2 is 1.90 bits per heavy atom. The van der Waals surface area contributed by atoms with E-state index in [9.17, 15) is 4.79 Å². The van der Waals surface area contributed by atoms with Crippen LogP contribution in [0.3, 0.4) is 0 Å². The van der Waals surface area contributed by atoms with Gasteiger partial charge in [-0.3, -0.25) is 9.72 Å². The molecule has 0 saturated heterocycles. The summed E-state index contributed by atoms with van der Waals surface area (Å²) in [5.74, 6) is 0.386. The summed E-state index contributed by atoms with van der Waals surface area (Å²) in [4.78, 5) is 12.1. The molecule has 0 saturated carbocycles. The molecule has 2 aromatic heterocycles. The number of amides is 2. The molecule has 2 N–H and O–H groups in total. The van der Waals surface area contributed by atoms with Gasteiger partial charge in [0.15, 0.2) is 5.65 Å². The molecule has 3 aromatic rings. The number of pyridine rings is 1. The number of urea groups is 1. The summed E-state index contributed by atoms with van der Waals surface area (Å²) in [5, 5.41) is 13.5. The van der Waals surface area contributed by atoms with Crippen molar-refractivity contribution >= 4 is 23.3 Å². The largest absolute Gasteiger partial charge is 0.326 e. The number of hydrogen-bond acceptors (Lipinski definition) is 3. The number of aryl methyl sites for hydroxylation is 1. The Morgan fingerprint density at radius 3 is 2.76 bits per heavy atom. The Balaban J connectivity index is 1.77. The number of para-hydroxylation sites is 1. The highest BCUT2D eigenvalue weighted by molar-refractivity contribution is 5.99. The summed E-state index contributed by atoms with van der Waals surface area (Å²) >= 11 is 0. The number of carbonyl (C=O) groups excluding carboxylic acids is 1. The Morgan fingerprint density at radius 1 is 1.10 bits per heavy atom. The highest BCUT2D eigenvalue weighted by Crippen LogP contribution is 2.16. The van der Waals surface area contributed by atoms with E-state index in [0.717, 1.165) is 17.7 Å². The Labute approximate surface area is 121 Å². The number of benzene rings is 1. The molecule has 6 heteroatoms. The summed E-state index contributed by atoms with van der Waals surface area (Å²) < 4.78 is 1.71. The molecule has 0 aliphatic carbocycles. The molecule has 6 nitrogen and oxygen atoms in total. The second-order valence-electron chi connectivity index (χ2n) is 4.54. The minimum absolute atomic E-state index is 0.339. The minimum atomic E-state index is -0.339. The fraction of sp³-hybridized carbons (Fsp3) is 0.133. The Bertz CT molecular complexity index is 780. The highest BCUT2D eigenvalue weighted by atomic mass is 16.2. The van der Waals surface area contributed by atoms with Gasteiger partial charge in [-0.15, -0.1) is 10.2 Å². The van der Waals surface area contributed by atoms with Gasteiger partial charge in [-0.05, 0) is 30.2 Å². The maximum absolute atomic E-state index is 12.1. The van der Waals surface area contributed by atoms with Gasteiger partial charge in [0.2, 0.25) is 5.95 Å². The van der Waals surface area contributed by atoms with Crippen LogP contribution >= 0.6 is 0 Å². The van der Waals surface area contributed by atoms with Crippen LogP contribution in [0, 0.1) is 0 Å². The summed E-state index contributed by atoms with van der Waals surface area (Å²) in [6, 6.07) is 12.9. The number of nitrogens with zero attached hydrogens (tertiary/aromatic N) is 3. The molecule has 0 radical (unpaired) electrons. The molecule has 21 heavy (non-hydrogen) atoms. The fourth-order valence-corrected chi connectivity index (χ4v) is 2.13. The predicted octanol–water partition coefficient (Wildman–Crippen LogP) is 2.94. The quantitative estimate of drug-likeness (QED) is 0.775. The van der Waals surface area contributed by atoms with Gasteiger partial charge < -0.3 is 5.32 Å². The molecule has 2 amide bonds. The van der Waals surface area contributed by atoms with Crippen molar-refractivity contribution in [2.75, 3.05) is 10.6 Å². The molecular formula is C15H15N5O. The van der Waals surface area contributed by atoms with Gasteiger partial charge in [-0.25, -0.2) is 4.79 Å². The molecule has 1 aromatic carbocycles. The van der Waals surface area contributed by atoms with Crippen LogP contribution in [-0.2, 0) is 6.42 Å². The summed E-state index contributed by atoms with van der Waals surface area (Å²) in [7, 11) is 0. The van der Waals surface area contributed by atoms with Gasteiger partial charge in [0.25, 0.3) is 0 Å². The molecule has 0 unspecified atom stereocenters. The number of nitrogens with one attached hydrogen (secondary N) is 2. The van der Waals surface area contributed by atoms with Crippen LogP contribution in [0.5, 0.6) is 0 Å². The molecule has 3 rings (SSSR count). The van der Waals surface area contributed by atoms with E-state index in [4.69, 9.17) is 0 Å². The lowest BCUT2D eigenvalue weighted by molar-refractivity contribution is 0.262. The predicted molar refractivity (Wildman–Crippen MR) is 81.4 cm³/mol. The second kappa shape index (κ2) is 5.62. The first-order valence-corrected chi connectivity index (χ1v) is 6.73. The maximum atomic E-state index is 12.1. The van der Waals surface area contributed by atoms with E-state index in [1.165, 1.54) is 0 Å². The zero-order valence-electron chi connectivity index (χ0n) is 11.6. The van der Waals surface area contributed by atoms with Gasteiger partial charge in [0, 0.05) is 11.9 Å². The third kappa shape index (κ3) is 2.69. The molecule has 2 heterocycles. The molecule has 0 bridgehead atoms. The fourth-order valence-electron chi connectivity index (χ4n) is 2.13.